The predicted molar refractivity (Wildman–Crippen MR) is 64.6 cm³/mol. The molecule has 0 saturated heterocycles. The quantitative estimate of drug-likeness (QED) is 0.847. The Morgan fingerprint density at radius 2 is 2.06 bits per heavy atom. The Balaban J connectivity index is 2.95. The van der Waals surface area contributed by atoms with E-state index in [1.54, 1.807) is 6.92 Å². The Bertz CT molecular complexity index is 504. The zero-order valence-electron chi connectivity index (χ0n) is 10.4. The topological polar surface area (TPSA) is 64.6 Å². The highest BCUT2D eigenvalue weighted by molar-refractivity contribution is 7.89. The van der Waals surface area contributed by atoms with Crippen molar-refractivity contribution >= 4 is 10.0 Å². The molecule has 0 radical (unpaired) electrons. The molecular weight excluding hydrogens is 261 g/mol. The molecule has 0 aliphatic rings. The van der Waals surface area contributed by atoms with E-state index in [0.717, 1.165) is 6.07 Å². The van der Waals surface area contributed by atoms with Gasteiger partial charge in [0.05, 0.1) is 18.6 Å². The van der Waals surface area contributed by atoms with Crippen LogP contribution in [0.5, 0.6) is 5.75 Å². The van der Waals surface area contributed by atoms with Crippen molar-refractivity contribution in [3.63, 3.8) is 0 Å². The Labute approximate surface area is 106 Å². The number of benzene rings is 1. The lowest BCUT2D eigenvalue weighted by Gasteiger charge is -2.13. The van der Waals surface area contributed by atoms with Crippen molar-refractivity contribution in [3.05, 3.63) is 24.0 Å². The van der Waals surface area contributed by atoms with Crippen LogP contribution in [0.3, 0.4) is 0 Å². The lowest BCUT2D eigenvalue weighted by atomic mass is 10.3. The third-order valence-corrected chi connectivity index (χ3v) is 3.79. The summed E-state index contributed by atoms with van der Waals surface area (Å²) in [5.41, 5.74) is 0. The van der Waals surface area contributed by atoms with Crippen LogP contribution < -0.4 is 9.46 Å². The van der Waals surface area contributed by atoms with Crippen LogP contribution in [-0.4, -0.2) is 35.3 Å². The van der Waals surface area contributed by atoms with Crippen LogP contribution in [0.4, 0.5) is 4.39 Å². The fourth-order valence-corrected chi connectivity index (χ4v) is 2.67. The van der Waals surface area contributed by atoms with Gasteiger partial charge in [-0.25, -0.2) is 17.5 Å². The van der Waals surface area contributed by atoms with Crippen LogP contribution in [0, 0.1) is 5.82 Å². The third-order valence-electron chi connectivity index (χ3n) is 2.21. The highest BCUT2D eigenvalue weighted by Gasteiger charge is 2.19. The van der Waals surface area contributed by atoms with E-state index < -0.39 is 21.9 Å². The highest BCUT2D eigenvalue weighted by atomic mass is 32.2. The second kappa shape index (κ2) is 6.12. The average molecular weight is 277 g/mol. The van der Waals surface area contributed by atoms with Gasteiger partial charge in [-0.1, -0.05) is 0 Å². The lowest BCUT2D eigenvalue weighted by molar-refractivity contribution is 0.180. The molecule has 0 bridgehead atoms. The first kappa shape index (κ1) is 14.9. The number of sulfonamides is 1. The van der Waals surface area contributed by atoms with Crippen molar-refractivity contribution in [1.29, 1.82) is 0 Å². The van der Waals surface area contributed by atoms with Gasteiger partial charge in [0, 0.05) is 13.2 Å². The normalized spacial score (nSPS) is 13.3. The first-order valence-electron chi connectivity index (χ1n) is 5.25. The van der Waals surface area contributed by atoms with Gasteiger partial charge < -0.3 is 9.47 Å². The third kappa shape index (κ3) is 3.66. The first-order valence-corrected chi connectivity index (χ1v) is 6.74. The van der Waals surface area contributed by atoms with E-state index in [2.05, 4.69) is 4.72 Å². The molecule has 0 amide bonds. The number of ether oxygens (including phenoxy) is 2. The zero-order valence-corrected chi connectivity index (χ0v) is 11.3. The van der Waals surface area contributed by atoms with E-state index in [0.29, 0.717) is 0 Å². The molecule has 1 N–H and O–H groups in total. The fourth-order valence-electron chi connectivity index (χ4n) is 1.43. The monoisotopic (exact) mass is 277 g/mol. The molecule has 18 heavy (non-hydrogen) atoms. The fraction of sp³-hybridized carbons (Fsp3) is 0.455. The molecule has 1 rings (SSSR count). The van der Waals surface area contributed by atoms with Gasteiger partial charge in [-0.2, -0.15) is 0 Å². The van der Waals surface area contributed by atoms with Gasteiger partial charge in [-0.3, -0.25) is 0 Å². The summed E-state index contributed by atoms with van der Waals surface area (Å²) in [5, 5.41) is 0. The second-order valence-electron chi connectivity index (χ2n) is 3.77. The number of nitrogens with one attached hydrogen (secondary N) is 1. The summed E-state index contributed by atoms with van der Waals surface area (Å²) in [6, 6.07) is 3.07. The minimum Gasteiger partial charge on any atom is -0.494 e. The standard InChI is InChI=1S/C11H16FNO4S/c1-8(7-16-2)13-18(14,15)9-4-5-11(17-3)10(12)6-9/h4-6,8,13H,7H2,1-3H3/t8-/m1/s1. The van der Waals surface area contributed by atoms with Crippen LogP contribution in [0.25, 0.3) is 0 Å². The smallest absolute Gasteiger partial charge is 0.240 e. The Morgan fingerprint density at radius 3 is 2.56 bits per heavy atom. The van der Waals surface area contributed by atoms with Gasteiger partial charge in [0.15, 0.2) is 11.6 Å². The molecule has 0 aromatic heterocycles. The van der Waals surface area contributed by atoms with E-state index in [1.807, 2.05) is 0 Å². The minimum absolute atomic E-state index is 0.00103. The molecule has 1 atom stereocenters. The number of hydrogen-bond donors (Lipinski definition) is 1. The largest absolute Gasteiger partial charge is 0.494 e. The first-order chi connectivity index (χ1) is 8.40. The lowest BCUT2D eigenvalue weighted by Crippen LogP contribution is -2.35. The van der Waals surface area contributed by atoms with E-state index in [-0.39, 0.29) is 17.3 Å². The summed E-state index contributed by atoms with van der Waals surface area (Å²) >= 11 is 0. The summed E-state index contributed by atoms with van der Waals surface area (Å²) in [6.07, 6.45) is 0. The minimum atomic E-state index is -3.75. The van der Waals surface area contributed by atoms with Crippen LogP contribution in [0.2, 0.25) is 0 Å². The van der Waals surface area contributed by atoms with Crippen molar-refractivity contribution < 1.29 is 22.3 Å². The summed E-state index contributed by atoms with van der Waals surface area (Å²) < 4.78 is 49.1. The van der Waals surface area contributed by atoms with Crippen molar-refractivity contribution in [2.24, 2.45) is 0 Å². The van der Waals surface area contributed by atoms with Crippen LogP contribution in [0.15, 0.2) is 23.1 Å². The molecular formula is C11H16FNO4S. The molecule has 0 aliphatic heterocycles. The summed E-state index contributed by atoms with van der Waals surface area (Å²) in [4.78, 5) is -0.149. The van der Waals surface area contributed by atoms with Gasteiger partial charge in [0.2, 0.25) is 10.0 Å². The molecule has 0 unspecified atom stereocenters. The van der Waals surface area contributed by atoms with Gasteiger partial charge in [-0.15, -0.1) is 0 Å². The van der Waals surface area contributed by atoms with Crippen molar-refractivity contribution in [2.45, 2.75) is 17.9 Å². The molecule has 0 spiro atoms. The van der Waals surface area contributed by atoms with E-state index in [9.17, 15) is 12.8 Å². The maximum Gasteiger partial charge on any atom is 0.240 e. The second-order valence-corrected chi connectivity index (χ2v) is 5.49. The molecule has 1 aromatic rings. The molecule has 0 aliphatic carbocycles. The molecule has 0 saturated carbocycles. The number of methoxy groups -OCH3 is 2. The molecule has 7 heteroatoms. The zero-order chi connectivity index (χ0) is 13.8. The average Bonchev–Trinajstić information content (AvgIpc) is 2.28. The molecule has 5 nitrogen and oxygen atoms in total. The van der Waals surface area contributed by atoms with Crippen LogP contribution >= 0.6 is 0 Å². The summed E-state index contributed by atoms with van der Waals surface area (Å²) in [6.45, 7) is 1.89. The highest BCUT2D eigenvalue weighted by Crippen LogP contribution is 2.20. The molecule has 1 aromatic carbocycles. The SMILES string of the molecule is COC[C@@H](C)NS(=O)(=O)c1ccc(OC)c(F)c1. The van der Waals surface area contributed by atoms with E-state index in [1.165, 1.54) is 26.4 Å². The molecule has 0 heterocycles. The van der Waals surface area contributed by atoms with Crippen LogP contribution in [-0.2, 0) is 14.8 Å². The van der Waals surface area contributed by atoms with Crippen LogP contribution in [0.1, 0.15) is 6.92 Å². The summed E-state index contributed by atoms with van der Waals surface area (Å²) in [5.74, 6) is -0.723. The maximum absolute atomic E-state index is 13.4. The number of hydrogen-bond acceptors (Lipinski definition) is 4. The van der Waals surface area contributed by atoms with Crippen molar-refractivity contribution in [1.82, 2.24) is 4.72 Å². The van der Waals surface area contributed by atoms with E-state index >= 15 is 0 Å². The Morgan fingerprint density at radius 1 is 1.39 bits per heavy atom. The summed E-state index contributed by atoms with van der Waals surface area (Å²) in [7, 11) is -0.974. The number of halogens is 1. The predicted octanol–water partition coefficient (Wildman–Crippen LogP) is 1.15. The maximum atomic E-state index is 13.4. The van der Waals surface area contributed by atoms with E-state index in [4.69, 9.17) is 9.47 Å². The van der Waals surface area contributed by atoms with Crippen molar-refractivity contribution in [2.75, 3.05) is 20.8 Å². The van der Waals surface area contributed by atoms with Gasteiger partial charge in [0.25, 0.3) is 0 Å². The molecule has 102 valence electrons. The molecule has 0 fully saturated rings. The van der Waals surface area contributed by atoms with Gasteiger partial charge in [0.1, 0.15) is 0 Å². The Hall–Kier alpha value is -1.18. The van der Waals surface area contributed by atoms with Gasteiger partial charge >= 0.3 is 0 Å². The Kier molecular flexibility index (Phi) is 5.06. The van der Waals surface area contributed by atoms with Crippen molar-refractivity contribution in [3.8, 4) is 5.75 Å². The number of rotatable bonds is 6. The van der Waals surface area contributed by atoms with Gasteiger partial charge in [-0.05, 0) is 25.1 Å².